The average Bonchev–Trinajstić information content (AvgIpc) is 3.46. The highest BCUT2D eigenvalue weighted by Crippen LogP contribution is 2.29. The molecule has 0 saturated carbocycles. The second-order valence-corrected chi connectivity index (χ2v) is 9.30. The van der Waals surface area contributed by atoms with Gasteiger partial charge in [0.2, 0.25) is 5.28 Å². The number of hydrogen-bond donors (Lipinski definition) is 2. The molecule has 196 valence electrons. The summed E-state index contributed by atoms with van der Waals surface area (Å²) in [7, 11) is 1.82. The number of nitrogens with zero attached hydrogens (tertiary/aromatic N) is 7. The van der Waals surface area contributed by atoms with E-state index >= 15 is 0 Å². The summed E-state index contributed by atoms with van der Waals surface area (Å²) in [5, 5.41) is 11.9. The van der Waals surface area contributed by atoms with Crippen molar-refractivity contribution in [1.29, 1.82) is 0 Å². The summed E-state index contributed by atoms with van der Waals surface area (Å²) in [6.07, 6.45) is 8.65. The van der Waals surface area contributed by atoms with Crippen LogP contribution in [0.4, 0.5) is 15.8 Å². The van der Waals surface area contributed by atoms with Crippen LogP contribution in [0.2, 0.25) is 5.28 Å². The quantitative estimate of drug-likeness (QED) is 0.217. The van der Waals surface area contributed by atoms with Gasteiger partial charge in [-0.1, -0.05) is 0 Å². The number of carbonyl (C=O) groups is 1. The zero-order chi connectivity index (χ0) is 26.8. The number of halogens is 2. The zero-order valence-corrected chi connectivity index (χ0v) is 22.0. The van der Waals surface area contributed by atoms with E-state index < -0.39 is 5.82 Å². The van der Waals surface area contributed by atoms with Crippen LogP contribution < -0.4 is 15.5 Å². The van der Waals surface area contributed by atoms with E-state index in [-0.39, 0.29) is 16.8 Å². The third-order valence-electron chi connectivity index (χ3n) is 6.18. The zero-order valence-electron chi connectivity index (χ0n) is 21.2. The van der Waals surface area contributed by atoms with Gasteiger partial charge in [-0.25, -0.2) is 19.3 Å². The number of aryl methyl sites for hydroxylation is 2. The van der Waals surface area contributed by atoms with Crippen molar-refractivity contribution >= 4 is 45.4 Å². The number of imidazole rings is 1. The topological polar surface area (TPSA) is 105 Å². The molecule has 0 saturated heterocycles. The summed E-state index contributed by atoms with van der Waals surface area (Å²) in [4.78, 5) is 27.6. The highest BCUT2D eigenvalue weighted by Gasteiger charge is 2.19. The molecule has 1 aromatic carbocycles. The predicted octanol–water partition coefficient (Wildman–Crippen LogP) is 3.98. The lowest BCUT2D eigenvalue weighted by molar-refractivity contribution is 0.102. The molecule has 2 N–H and O–H groups in total. The van der Waals surface area contributed by atoms with E-state index in [9.17, 15) is 9.18 Å². The Bertz CT molecular complexity index is 1610. The summed E-state index contributed by atoms with van der Waals surface area (Å²) in [6.45, 7) is 6.73. The molecule has 38 heavy (non-hydrogen) atoms. The predicted molar refractivity (Wildman–Crippen MR) is 145 cm³/mol. The molecule has 12 heteroatoms. The van der Waals surface area contributed by atoms with Gasteiger partial charge in [-0.05, 0) is 37.6 Å². The van der Waals surface area contributed by atoms with Gasteiger partial charge in [0.25, 0.3) is 5.91 Å². The highest BCUT2D eigenvalue weighted by molar-refractivity contribution is 6.28. The van der Waals surface area contributed by atoms with E-state index in [0.29, 0.717) is 29.0 Å². The Labute approximate surface area is 223 Å². The molecule has 1 amide bonds. The maximum absolute atomic E-state index is 14.5. The summed E-state index contributed by atoms with van der Waals surface area (Å²) in [5.41, 5.74) is 4.14. The molecule has 0 aliphatic rings. The first-order valence-corrected chi connectivity index (χ1v) is 12.5. The van der Waals surface area contributed by atoms with E-state index in [0.717, 1.165) is 36.3 Å². The molecule has 0 atom stereocenters. The minimum atomic E-state index is -0.509. The molecule has 10 nitrogen and oxygen atoms in total. The Morgan fingerprint density at radius 3 is 2.74 bits per heavy atom. The SMILES string of the molecule is CCN(CCNCc1cnc(Cl)nc1)c1ccc(C(=O)Nc2cc(F)c3nc(C)cn3c2)c2nn(C)cc12. The largest absolute Gasteiger partial charge is 0.370 e. The number of fused-ring (bicyclic) bond motifs is 2. The number of carbonyl (C=O) groups excluding carboxylic acids is 1. The van der Waals surface area contributed by atoms with Gasteiger partial charge in [-0.15, -0.1) is 0 Å². The molecule has 0 spiro atoms. The number of aromatic nitrogens is 6. The smallest absolute Gasteiger partial charge is 0.257 e. The molecule has 4 aromatic heterocycles. The lowest BCUT2D eigenvalue weighted by Crippen LogP contribution is -2.32. The molecule has 5 rings (SSSR count). The van der Waals surface area contributed by atoms with Crippen LogP contribution in [0.3, 0.4) is 0 Å². The number of anilines is 2. The van der Waals surface area contributed by atoms with Crippen LogP contribution in [0, 0.1) is 12.7 Å². The summed E-state index contributed by atoms with van der Waals surface area (Å²) < 4.78 is 17.8. The standard InChI is InChI=1S/C26H27ClFN9O/c1-4-36(8-7-29-10-17-11-30-26(27)31-12-17)22-6-5-19(23-20(22)15-35(3)34-23)25(38)33-18-9-21(28)24-32-16(2)13-37(24)14-18/h5-6,9,11-15,29H,4,7-8,10H2,1-3H3,(H,33,38). The number of nitrogens with one attached hydrogen (secondary N) is 2. The lowest BCUT2D eigenvalue weighted by atomic mass is 10.1. The monoisotopic (exact) mass is 535 g/mol. The molecule has 5 aromatic rings. The van der Waals surface area contributed by atoms with E-state index in [2.05, 4.69) is 42.5 Å². The second-order valence-electron chi connectivity index (χ2n) is 8.96. The molecule has 0 fully saturated rings. The van der Waals surface area contributed by atoms with Gasteiger partial charge in [0.05, 0.1) is 16.9 Å². The summed E-state index contributed by atoms with van der Waals surface area (Å²) >= 11 is 5.75. The molecular formula is C26H27ClFN9O. The number of amides is 1. The van der Waals surface area contributed by atoms with E-state index in [1.165, 1.54) is 6.07 Å². The Morgan fingerprint density at radius 2 is 1.97 bits per heavy atom. The molecule has 0 aliphatic heterocycles. The Morgan fingerprint density at radius 1 is 1.18 bits per heavy atom. The Hall–Kier alpha value is -4.09. The maximum atomic E-state index is 14.5. The normalized spacial score (nSPS) is 11.4. The Kier molecular flexibility index (Phi) is 7.21. The molecule has 4 heterocycles. The first-order chi connectivity index (χ1) is 18.3. The van der Waals surface area contributed by atoms with Crippen molar-refractivity contribution in [2.75, 3.05) is 29.9 Å². The van der Waals surface area contributed by atoms with Crippen molar-refractivity contribution in [3.63, 3.8) is 0 Å². The number of likely N-dealkylation sites (N-methyl/N-ethyl adjacent to an activating group) is 1. The van der Waals surface area contributed by atoms with Crippen molar-refractivity contribution in [3.05, 3.63) is 77.1 Å². The van der Waals surface area contributed by atoms with Crippen LogP contribution in [-0.4, -0.2) is 54.7 Å². The lowest BCUT2D eigenvalue weighted by Gasteiger charge is -2.24. The summed E-state index contributed by atoms with van der Waals surface area (Å²) in [6, 6.07) is 4.96. The highest BCUT2D eigenvalue weighted by atomic mass is 35.5. The van der Waals surface area contributed by atoms with Crippen LogP contribution in [0.25, 0.3) is 16.6 Å². The fourth-order valence-electron chi connectivity index (χ4n) is 4.44. The number of rotatable bonds is 9. The van der Waals surface area contributed by atoms with Crippen molar-refractivity contribution in [2.45, 2.75) is 20.4 Å². The van der Waals surface area contributed by atoms with Gasteiger partial charge in [0.1, 0.15) is 5.52 Å². The molecular weight excluding hydrogens is 509 g/mol. The summed E-state index contributed by atoms with van der Waals surface area (Å²) in [5.74, 6) is -0.879. The van der Waals surface area contributed by atoms with Crippen LogP contribution in [-0.2, 0) is 13.6 Å². The molecule has 0 bridgehead atoms. The van der Waals surface area contributed by atoms with Gasteiger partial charge >= 0.3 is 0 Å². The van der Waals surface area contributed by atoms with Crippen LogP contribution >= 0.6 is 11.6 Å². The van der Waals surface area contributed by atoms with Crippen molar-refractivity contribution in [2.24, 2.45) is 7.05 Å². The Balaban J connectivity index is 1.33. The van der Waals surface area contributed by atoms with Crippen LogP contribution in [0.1, 0.15) is 28.5 Å². The minimum Gasteiger partial charge on any atom is -0.370 e. The van der Waals surface area contributed by atoms with E-state index in [1.807, 2.05) is 19.3 Å². The van der Waals surface area contributed by atoms with Gasteiger partial charge in [0, 0.05) is 86.9 Å². The van der Waals surface area contributed by atoms with Crippen molar-refractivity contribution in [1.82, 2.24) is 34.4 Å². The maximum Gasteiger partial charge on any atom is 0.257 e. The number of pyridine rings is 1. The van der Waals surface area contributed by atoms with E-state index in [4.69, 9.17) is 11.6 Å². The van der Waals surface area contributed by atoms with Crippen molar-refractivity contribution < 1.29 is 9.18 Å². The third-order valence-corrected chi connectivity index (χ3v) is 6.38. The second kappa shape index (κ2) is 10.7. The molecule has 0 aliphatic carbocycles. The number of hydrogen-bond acceptors (Lipinski definition) is 7. The van der Waals surface area contributed by atoms with Crippen molar-refractivity contribution in [3.8, 4) is 0 Å². The van der Waals surface area contributed by atoms with Gasteiger partial charge in [0.15, 0.2) is 11.5 Å². The number of benzene rings is 1. The van der Waals surface area contributed by atoms with Crippen LogP contribution in [0.5, 0.6) is 0 Å². The average molecular weight is 536 g/mol. The third kappa shape index (κ3) is 5.29. The van der Waals surface area contributed by atoms with Gasteiger partial charge in [-0.3, -0.25) is 9.48 Å². The van der Waals surface area contributed by atoms with E-state index in [1.54, 1.807) is 46.9 Å². The first-order valence-electron chi connectivity index (χ1n) is 12.2. The minimum absolute atomic E-state index is 0.215. The first kappa shape index (κ1) is 25.6. The fourth-order valence-corrected chi connectivity index (χ4v) is 4.53. The van der Waals surface area contributed by atoms with Gasteiger partial charge < -0.3 is 19.9 Å². The fraction of sp³-hybridized carbons (Fsp3) is 0.269. The molecule has 0 unspecified atom stereocenters. The molecule has 0 radical (unpaired) electrons. The van der Waals surface area contributed by atoms with Gasteiger partial charge in [-0.2, -0.15) is 5.10 Å². The van der Waals surface area contributed by atoms with Crippen LogP contribution in [0.15, 0.2) is 49.2 Å².